The number of rotatable bonds is 7. The smallest absolute Gasteiger partial charge is 0.161 e. The molecule has 1 aromatic rings. The van der Waals surface area contributed by atoms with Crippen molar-refractivity contribution in [1.29, 1.82) is 0 Å². The third-order valence-electron chi connectivity index (χ3n) is 4.04. The lowest BCUT2D eigenvalue weighted by Crippen LogP contribution is -2.35. The van der Waals surface area contributed by atoms with E-state index in [9.17, 15) is 0 Å². The van der Waals surface area contributed by atoms with Gasteiger partial charge in [-0.1, -0.05) is 13.0 Å². The van der Waals surface area contributed by atoms with E-state index >= 15 is 0 Å². The summed E-state index contributed by atoms with van der Waals surface area (Å²) in [5.74, 6) is 1.57. The first-order valence-electron chi connectivity index (χ1n) is 7.81. The van der Waals surface area contributed by atoms with Gasteiger partial charge in [-0.25, -0.2) is 0 Å². The molecule has 1 aliphatic rings. The van der Waals surface area contributed by atoms with E-state index in [0.29, 0.717) is 6.10 Å². The topological polar surface area (TPSA) is 30.9 Å². The van der Waals surface area contributed by atoms with Crippen molar-refractivity contribution in [3.05, 3.63) is 23.8 Å². The summed E-state index contributed by atoms with van der Waals surface area (Å²) in [6.07, 6.45) is 4.07. The number of nitrogens with zero attached hydrogens (tertiary/aromatic N) is 1. The molecule has 1 aromatic carbocycles. The molecule has 2 rings (SSSR count). The van der Waals surface area contributed by atoms with Gasteiger partial charge in [-0.2, -0.15) is 0 Å². The van der Waals surface area contributed by atoms with Crippen LogP contribution in [0.25, 0.3) is 0 Å². The summed E-state index contributed by atoms with van der Waals surface area (Å²) in [5, 5.41) is 0. The van der Waals surface area contributed by atoms with Gasteiger partial charge in [0.2, 0.25) is 0 Å². The van der Waals surface area contributed by atoms with Gasteiger partial charge in [0.15, 0.2) is 11.5 Å². The number of benzene rings is 1. The molecule has 0 radical (unpaired) electrons. The largest absolute Gasteiger partial charge is 0.493 e. The van der Waals surface area contributed by atoms with E-state index < -0.39 is 0 Å². The van der Waals surface area contributed by atoms with Crippen LogP contribution in [0, 0.1) is 0 Å². The third kappa shape index (κ3) is 4.61. The highest BCUT2D eigenvalue weighted by Gasteiger charge is 2.17. The zero-order chi connectivity index (χ0) is 15.1. The molecule has 21 heavy (non-hydrogen) atoms. The molecule has 0 aromatic heterocycles. The fourth-order valence-corrected chi connectivity index (χ4v) is 2.78. The van der Waals surface area contributed by atoms with Crippen LogP contribution in [-0.2, 0) is 11.3 Å². The minimum atomic E-state index is 0.388. The Kier molecular flexibility index (Phi) is 6.33. The minimum absolute atomic E-state index is 0.388. The summed E-state index contributed by atoms with van der Waals surface area (Å²) in [4.78, 5) is 2.43. The Morgan fingerprint density at radius 2 is 2.00 bits per heavy atom. The van der Waals surface area contributed by atoms with Gasteiger partial charge < -0.3 is 14.2 Å². The van der Waals surface area contributed by atoms with E-state index in [0.717, 1.165) is 37.7 Å². The summed E-state index contributed by atoms with van der Waals surface area (Å²) < 4.78 is 16.5. The maximum Gasteiger partial charge on any atom is 0.161 e. The highest BCUT2D eigenvalue weighted by molar-refractivity contribution is 5.42. The zero-order valence-corrected chi connectivity index (χ0v) is 13.4. The number of hydrogen-bond donors (Lipinski definition) is 0. The van der Waals surface area contributed by atoms with Crippen LogP contribution in [0.4, 0.5) is 0 Å². The molecule has 0 bridgehead atoms. The average Bonchev–Trinajstić information content (AvgIpc) is 2.55. The maximum absolute atomic E-state index is 5.84. The van der Waals surface area contributed by atoms with Crippen LogP contribution >= 0.6 is 0 Å². The predicted octanol–water partition coefficient (Wildman–Crippen LogP) is 3.09. The van der Waals surface area contributed by atoms with E-state index in [4.69, 9.17) is 14.2 Å². The zero-order valence-electron chi connectivity index (χ0n) is 13.4. The van der Waals surface area contributed by atoms with Crippen molar-refractivity contribution in [2.24, 2.45) is 0 Å². The second-order valence-corrected chi connectivity index (χ2v) is 5.51. The van der Waals surface area contributed by atoms with Gasteiger partial charge in [0.1, 0.15) is 0 Å². The fraction of sp³-hybridized carbons (Fsp3) is 0.647. The molecular formula is C17H27NO3. The quantitative estimate of drug-likeness (QED) is 0.773. The maximum atomic E-state index is 5.84. The van der Waals surface area contributed by atoms with Gasteiger partial charge in [0.05, 0.1) is 20.3 Å². The molecule has 1 atom stereocenters. The van der Waals surface area contributed by atoms with Crippen LogP contribution in [-0.4, -0.2) is 44.9 Å². The lowest BCUT2D eigenvalue weighted by atomic mass is 10.1. The first-order chi connectivity index (χ1) is 10.3. The van der Waals surface area contributed by atoms with Crippen molar-refractivity contribution in [2.45, 2.75) is 38.8 Å². The fourth-order valence-electron chi connectivity index (χ4n) is 2.78. The summed E-state index contributed by atoms with van der Waals surface area (Å²) in [6, 6.07) is 6.13. The van der Waals surface area contributed by atoms with Crippen molar-refractivity contribution in [1.82, 2.24) is 4.90 Å². The van der Waals surface area contributed by atoms with Crippen LogP contribution in [0.1, 0.15) is 31.7 Å². The van der Waals surface area contributed by atoms with Crippen molar-refractivity contribution < 1.29 is 14.2 Å². The number of ether oxygens (including phenoxy) is 3. The second-order valence-electron chi connectivity index (χ2n) is 5.51. The SMILES string of the molecule is CCN(Cc1ccc(OC)c(OC)c1)CC1CCCCO1. The first-order valence-corrected chi connectivity index (χ1v) is 7.81. The standard InChI is InChI=1S/C17H27NO3/c1-4-18(13-15-7-5-6-10-21-15)12-14-8-9-16(19-2)17(11-14)20-3/h8-9,11,15H,4-7,10,12-13H2,1-3H3. The Balaban J connectivity index is 1.97. The second kappa shape index (κ2) is 8.25. The Hall–Kier alpha value is -1.26. The van der Waals surface area contributed by atoms with E-state index in [1.807, 2.05) is 6.07 Å². The molecule has 0 saturated carbocycles. The number of methoxy groups -OCH3 is 2. The Bertz CT molecular complexity index is 430. The molecule has 0 spiro atoms. The van der Waals surface area contributed by atoms with Gasteiger partial charge in [-0.05, 0) is 43.5 Å². The molecule has 1 heterocycles. The Morgan fingerprint density at radius 1 is 1.19 bits per heavy atom. The van der Waals surface area contributed by atoms with Gasteiger partial charge in [0.25, 0.3) is 0 Å². The molecule has 1 fully saturated rings. The molecule has 4 nitrogen and oxygen atoms in total. The van der Waals surface area contributed by atoms with Crippen molar-refractivity contribution in [3.8, 4) is 11.5 Å². The lowest BCUT2D eigenvalue weighted by molar-refractivity contribution is -0.00624. The van der Waals surface area contributed by atoms with Crippen molar-refractivity contribution in [3.63, 3.8) is 0 Å². The van der Waals surface area contributed by atoms with E-state index in [2.05, 4.69) is 24.0 Å². The van der Waals surface area contributed by atoms with Crippen molar-refractivity contribution in [2.75, 3.05) is 33.9 Å². The van der Waals surface area contributed by atoms with Gasteiger partial charge in [0, 0.05) is 19.7 Å². The molecule has 4 heteroatoms. The van der Waals surface area contributed by atoms with Crippen LogP contribution in [0.15, 0.2) is 18.2 Å². The number of hydrogen-bond acceptors (Lipinski definition) is 4. The highest BCUT2D eigenvalue weighted by atomic mass is 16.5. The molecule has 118 valence electrons. The van der Waals surface area contributed by atoms with Gasteiger partial charge in [-0.3, -0.25) is 4.90 Å². The minimum Gasteiger partial charge on any atom is -0.493 e. The first kappa shape index (κ1) is 16.1. The Labute approximate surface area is 128 Å². The molecule has 0 amide bonds. The molecular weight excluding hydrogens is 266 g/mol. The lowest BCUT2D eigenvalue weighted by Gasteiger charge is -2.29. The van der Waals surface area contributed by atoms with E-state index in [1.54, 1.807) is 14.2 Å². The van der Waals surface area contributed by atoms with Gasteiger partial charge in [-0.15, -0.1) is 0 Å². The van der Waals surface area contributed by atoms with Crippen LogP contribution in [0.2, 0.25) is 0 Å². The van der Waals surface area contributed by atoms with Crippen molar-refractivity contribution >= 4 is 0 Å². The van der Waals surface area contributed by atoms with Crippen LogP contribution in [0.3, 0.4) is 0 Å². The number of likely N-dealkylation sites (N-methyl/N-ethyl adjacent to an activating group) is 1. The van der Waals surface area contributed by atoms with Crippen LogP contribution in [0.5, 0.6) is 11.5 Å². The van der Waals surface area contributed by atoms with E-state index in [1.165, 1.54) is 24.8 Å². The average molecular weight is 293 g/mol. The summed E-state index contributed by atoms with van der Waals surface area (Å²) in [7, 11) is 3.34. The summed E-state index contributed by atoms with van der Waals surface area (Å²) in [6.45, 7) is 6.05. The third-order valence-corrected chi connectivity index (χ3v) is 4.04. The molecule has 0 N–H and O–H groups in total. The predicted molar refractivity (Wildman–Crippen MR) is 84.1 cm³/mol. The summed E-state index contributed by atoms with van der Waals surface area (Å²) in [5.41, 5.74) is 1.24. The summed E-state index contributed by atoms with van der Waals surface area (Å²) >= 11 is 0. The molecule has 1 saturated heterocycles. The molecule has 0 aliphatic carbocycles. The van der Waals surface area contributed by atoms with Crippen LogP contribution < -0.4 is 9.47 Å². The Morgan fingerprint density at radius 3 is 2.62 bits per heavy atom. The molecule has 1 aliphatic heterocycles. The van der Waals surface area contributed by atoms with E-state index in [-0.39, 0.29) is 0 Å². The molecule has 1 unspecified atom stereocenters. The highest BCUT2D eigenvalue weighted by Crippen LogP contribution is 2.28. The van der Waals surface area contributed by atoms with Gasteiger partial charge >= 0.3 is 0 Å². The normalized spacial score (nSPS) is 18.8. The monoisotopic (exact) mass is 293 g/mol.